The molecule has 3 nitrogen and oxygen atoms in total. The van der Waals surface area contributed by atoms with Gasteiger partial charge in [-0.25, -0.2) is 4.98 Å². The molecule has 1 aliphatic carbocycles. The van der Waals surface area contributed by atoms with Gasteiger partial charge in [0.15, 0.2) is 0 Å². The minimum Gasteiger partial charge on any atom is -0.330 e. The topological polar surface area (TPSA) is 29.9 Å². The predicted octanol–water partition coefficient (Wildman–Crippen LogP) is 2.61. The number of nitrogens with zero attached hydrogens (tertiary/aromatic N) is 2. The predicted molar refractivity (Wildman–Crippen MR) is 69.8 cm³/mol. The van der Waals surface area contributed by atoms with Crippen molar-refractivity contribution >= 4 is 11.0 Å². The molecule has 0 spiro atoms. The third kappa shape index (κ3) is 2.07. The van der Waals surface area contributed by atoms with E-state index >= 15 is 0 Å². The fraction of sp³-hybridized carbons (Fsp3) is 0.500. The molecule has 0 bridgehead atoms. The van der Waals surface area contributed by atoms with Crippen LogP contribution in [0.25, 0.3) is 11.0 Å². The van der Waals surface area contributed by atoms with Crippen LogP contribution in [0.2, 0.25) is 0 Å². The Labute approximate surface area is 102 Å². The molecular weight excluding hydrogens is 210 g/mol. The average Bonchev–Trinajstić information content (AvgIpc) is 2.96. The van der Waals surface area contributed by atoms with Gasteiger partial charge < -0.3 is 9.88 Å². The van der Waals surface area contributed by atoms with Crippen LogP contribution in [0, 0.1) is 0 Å². The first kappa shape index (κ1) is 10.8. The molecule has 0 atom stereocenters. The summed E-state index contributed by atoms with van der Waals surface area (Å²) in [7, 11) is 2.10. The SMILES string of the molecule is Cn1c(CNC2CCCC2)nc2ccccc21. The third-order valence-corrected chi connectivity index (χ3v) is 3.78. The zero-order chi connectivity index (χ0) is 11.7. The van der Waals surface area contributed by atoms with Crippen LogP contribution >= 0.6 is 0 Å². The fourth-order valence-corrected chi connectivity index (χ4v) is 2.72. The summed E-state index contributed by atoms with van der Waals surface area (Å²) in [5, 5.41) is 3.62. The van der Waals surface area contributed by atoms with Gasteiger partial charge in [0, 0.05) is 13.1 Å². The van der Waals surface area contributed by atoms with E-state index < -0.39 is 0 Å². The number of imidazole rings is 1. The molecule has 3 heteroatoms. The zero-order valence-corrected chi connectivity index (χ0v) is 10.3. The molecular formula is C14H19N3. The highest BCUT2D eigenvalue weighted by molar-refractivity contribution is 5.75. The van der Waals surface area contributed by atoms with Crippen molar-refractivity contribution in [3.63, 3.8) is 0 Å². The number of hydrogen-bond donors (Lipinski definition) is 1. The van der Waals surface area contributed by atoms with Crippen molar-refractivity contribution in [2.75, 3.05) is 0 Å². The number of hydrogen-bond acceptors (Lipinski definition) is 2. The Morgan fingerprint density at radius 3 is 2.82 bits per heavy atom. The van der Waals surface area contributed by atoms with Crippen LogP contribution in [0.3, 0.4) is 0 Å². The van der Waals surface area contributed by atoms with Gasteiger partial charge in [-0.3, -0.25) is 0 Å². The molecule has 1 N–H and O–H groups in total. The Morgan fingerprint density at radius 1 is 1.29 bits per heavy atom. The van der Waals surface area contributed by atoms with E-state index in [1.807, 2.05) is 6.07 Å². The van der Waals surface area contributed by atoms with Gasteiger partial charge in [-0.1, -0.05) is 25.0 Å². The minimum absolute atomic E-state index is 0.704. The summed E-state index contributed by atoms with van der Waals surface area (Å²) in [6.07, 6.45) is 5.40. The number of rotatable bonds is 3. The molecule has 0 radical (unpaired) electrons. The molecule has 0 saturated heterocycles. The summed E-state index contributed by atoms with van der Waals surface area (Å²) in [6, 6.07) is 9.02. The van der Waals surface area contributed by atoms with Gasteiger partial charge in [0.2, 0.25) is 0 Å². The highest BCUT2D eigenvalue weighted by Crippen LogP contribution is 2.19. The van der Waals surface area contributed by atoms with E-state index in [0.717, 1.165) is 17.9 Å². The Bertz CT molecular complexity index is 509. The Morgan fingerprint density at radius 2 is 2.06 bits per heavy atom. The molecule has 3 rings (SSSR count). The first-order valence-corrected chi connectivity index (χ1v) is 6.48. The summed E-state index contributed by atoms with van der Waals surface area (Å²) in [6.45, 7) is 0.885. The number of fused-ring (bicyclic) bond motifs is 1. The molecule has 0 aliphatic heterocycles. The fourth-order valence-electron chi connectivity index (χ4n) is 2.72. The maximum absolute atomic E-state index is 4.67. The summed E-state index contributed by atoms with van der Waals surface area (Å²) in [4.78, 5) is 4.67. The Balaban J connectivity index is 1.78. The monoisotopic (exact) mass is 229 g/mol. The summed E-state index contributed by atoms with van der Waals surface area (Å²) >= 11 is 0. The van der Waals surface area contributed by atoms with Gasteiger partial charge in [-0.2, -0.15) is 0 Å². The van der Waals surface area contributed by atoms with Crippen molar-refractivity contribution in [3.8, 4) is 0 Å². The van der Waals surface area contributed by atoms with Gasteiger partial charge in [0.05, 0.1) is 17.6 Å². The quantitative estimate of drug-likeness (QED) is 0.876. The maximum atomic E-state index is 4.67. The molecule has 17 heavy (non-hydrogen) atoms. The minimum atomic E-state index is 0.704. The first-order chi connectivity index (χ1) is 8.34. The molecule has 90 valence electrons. The largest absolute Gasteiger partial charge is 0.330 e. The van der Waals surface area contributed by atoms with Crippen LogP contribution in [-0.4, -0.2) is 15.6 Å². The maximum Gasteiger partial charge on any atom is 0.123 e. The van der Waals surface area contributed by atoms with E-state index in [1.54, 1.807) is 0 Å². The van der Waals surface area contributed by atoms with E-state index in [9.17, 15) is 0 Å². The average molecular weight is 229 g/mol. The second-order valence-corrected chi connectivity index (χ2v) is 4.94. The van der Waals surface area contributed by atoms with Crippen molar-refractivity contribution < 1.29 is 0 Å². The van der Waals surface area contributed by atoms with Gasteiger partial charge in [0.25, 0.3) is 0 Å². The smallest absolute Gasteiger partial charge is 0.123 e. The van der Waals surface area contributed by atoms with E-state index in [-0.39, 0.29) is 0 Å². The van der Waals surface area contributed by atoms with Crippen LogP contribution in [-0.2, 0) is 13.6 Å². The zero-order valence-electron chi connectivity index (χ0n) is 10.3. The number of aromatic nitrogens is 2. The number of benzene rings is 1. The van der Waals surface area contributed by atoms with E-state index in [1.165, 1.54) is 31.2 Å². The molecule has 0 amide bonds. The van der Waals surface area contributed by atoms with E-state index in [0.29, 0.717) is 6.04 Å². The van der Waals surface area contributed by atoms with Crippen molar-refractivity contribution in [2.24, 2.45) is 7.05 Å². The number of nitrogens with one attached hydrogen (secondary N) is 1. The summed E-state index contributed by atoms with van der Waals surface area (Å²) < 4.78 is 2.19. The lowest BCUT2D eigenvalue weighted by molar-refractivity contribution is 0.508. The molecule has 1 aromatic carbocycles. The molecule has 2 aromatic rings. The van der Waals surface area contributed by atoms with Crippen LogP contribution in [0.1, 0.15) is 31.5 Å². The second-order valence-electron chi connectivity index (χ2n) is 4.94. The third-order valence-electron chi connectivity index (χ3n) is 3.78. The van der Waals surface area contributed by atoms with Crippen molar-refractivity contribution in [1.82, 2.24) is 14.9 Å². The lowest BCUT2D eigenvalue weighted by atomic mass is 10.2. The second kappa shape index (κ2) is 4.49. The highest BCUT2D eigenvalue weighted by Gasteiger charge is 2.15. The van der Waals surface area contributed by atoms with E-state index in [4.69, 9.17) is 0 Å². The Hall–Kier alpha value is -1.35. The van der Waals surface area contributed by atoms with Crippen LogP contribution in [0.15, 0.2) is 24.3 Å². The first-order valence-electron chi connectivity index (χ1n) is 6.48. The summed E-state index contributed by atoms with van der Waals surface area (Å²) in [5.41, 5.74) is 2.31. The Kier molecular flexibility index (Phi) is 2.85. The number of aryl methyl sites for hydroxylation is 1. The molecule has 0 unspecified atom stereocenters. The molecule has 1 heterocycles. The highest BCUT2D eigenvalue weighted by atomic mass is 15.1. The van der Waals surface area contributed by atoms with E-state index in [2.05, 4.69) is 40.1 Å². The molecule has 1 aliphatic rings. The molecule has 1 aromatic heterocycles. The van der Waals surface area contributed by atoms with Crippen molar-refractivity contribution in [2.45, 2.75) is 38.3 Å². The standard InChI is InChI=1S/C14H19N3/c1-17-13-9-5-4-8-12(13)16-14(17)10-15-11-6-2-3-7-11/h4-5,8-9,11,15H,2-3,6-7,10H2,1H3. The van der Waals surface area contributed by atoms with Gasteiger partial charge in [0.1, 0.15) is 5.82 Å². The van der Waals surface area contributed by atoms with Gasteiger partial charge >= 0.3 is 0 Å². The normalized spacial score (nSPS) is 17.0. The van der Waals surface area contributed by atoms with Crippen molar-refractivity contribution in [1.29, 1.82) is 0 Å². The van der Waals surface area contributed by atoms with Crippen LogP contribution in [0.4, 0.5) is 0 Å². The number of para-hydroxylation sites is 2. The van der Waals surface area contributed by atoms with Crippen molar-refractivity contribution in [3.05, 3.63) is 30.1 Å². The van der Waals surface area contributed by atoms with Crippen LogP contribution < -0.4 is 5.32 Å². The molecule has 1 fully saturated rings. The van der Waals surface area contributed by atoms with Gasteiger partial charge in [-0.05, 0) is 25.0 Å². The molecule has 1 saturated carbocycles. The van der Waals surface area contributed by atoms with Crippen LogP contribution in [0.5, 0.6) is 0 Å². The lowest BCUT2D eigenvalue weighted by Gasteiger charge is -2.11. The van der Waals surface area contributed by atoms with Gasteiger partial charge in [-0.15, -0.1) is 0 Å². The summed E-state index contributed by atoms with van der Waals surface area (Å²) in [5.74, 6) is 1.14. The lowest BCUT2D eigenvalue weighted by Crippen LogP contribution is -2.26.